The molecule has 0 saturated heterocycles. The summed E-state index contributed by atoms with van der Waals surface area (Å²) >= 11 is 0. The van der Waals surface area contributed by atoms with E-state index < -0.39 is 19.1 Å². The van der Waals surface area contributed by atoms with Gasteiger partial charge in [-0.15, -0.1) is 0 Å². The summed E-state index contributed by atoms with van der Waals surface area (Å²) in [5.41, 5.74) is 0. The Hall–Kier alpha value is -0.330. The Balaban J connectivity index is 3.12. The molecular formula is C6H11F3O3. The van der Waals surface area contributed by atoms with Crippen LogP contribution < -0.4 is 0 Å². The summed E-state index contributed by atoms with van der Waals surface area (Å²) in [5, 5.41) is 8.51. The molecule has 0 aromatic rings. The van der Waals surface area contributed by atoms with Crippen molar-refractivity contribution in [3.8, 4) is 0 Å². The van der Waals surface area contributed by atoms with Crippen molar-refractivity contribution in [2.24, 2.45) is 0 Å². The predicted octanol–water partition coefficient (Wildman–Crippen LogP) is 0.920. The molecule has 0 aliphatic carbocycles. The van der Waals surface area contributed by atoms with Crippen LogP contribution in [0.15, 0.2) is 0 Å². The minimum atomic E-state index is -4.30. The van der Waals surface area contributed by atoms with E-state index in [-0.39, 0.29) is 13.2 Å². The second kappa shape index (κ2) is 5.34. The van der Waals surface area contributed by atoms with Crippen LogP contribution in [-0.2, 0) is 9.47 Å². The van der Waals surface area contributed by atoms with E-state index in [2.05, 4.69) is 9.47 Å². The van der Waals surface area contributed by atoms with Crippen molar-refractivity contribution in [1.82, 2.24) is 0 Å². The minimum absolute atomic E-state index is 0.0479. The van der Waals surface area contributed by atoms with Crippen LogP contribution in [0, 0.1) is 0 Å². The number of rotatable bonds is 5. The largest absolute Gasteiger partial charge is 0.411 e. The zero-order valence-electron chi connectivity index (χ0n) is 6.60. The normalized spacial score (nSPS) is 14.8. The van der Waals surface area contributed by atoms with E-state index in [1.54, 1.807) is 0 Å². The Bertz CT molecular complexity index is 113. The third kappa shape index (κ3) is 9.67. The number of alkyl halides is 3. The molecule has 0 radical (unpaired) electrons. The van der Waals surface area contributed by atoms with Gasteiger partial charge in [-0.3, -0.25) is 0 Å². The van der Waals surface area contributed by atoms with Gasteiger partial charge in [0.05, 0.1) is 13.2 Å². The number of halogens is 3. The summed E-state index contributed by atoms with van der Waals surface area (Å²) in [6, 6.07) is 0. The molecule has 3 nitrogen and oxygen atoms in total. The van der Waals surface area contributed by atoms with E-state index in [1.165, 1.54) is 6.92 Å². The molecular weight excluding hydrogens is 177 g/mol. The maximum atomic E-state index is 11.4. The molecule has 0 rings (SSSR count). The molecule has 1 unspecified atom stereocenters. The molecule has 6 heteroatoms. The number of aliphatic hydroxyl groups is 1. The SMILES string of the molecule is CC(O)OCCOCC(F)(F)F. The van der Waals surface area contributed by atoms with Gasteiger partial charge < -0.3 is 14.6 Å². The van der Waals surface area contributed by atoms with Gasteiger partial charge in [0.1, 0.15) is 6.61 Å². The highest BCUT2D eigenvalue weighted by molar-refractivity contribution is 4.44. The van der Waals surface area contributed by atoms with Crippen molar-refractivity contribution < 1.29 is 27.8 Å². The predicted molar refractivity (Wildman–Crippen MR) is 34.5 cm³/mol. The first-order valence-electron chi connectivity index (χ1n) is 3.36. The molecule has 1 N–H and O–H groups in total. The van der Waals surface area contributed by atoms with Crippen molar-refractivity contribution in [1.29, 1.82) is 0 Å². The molecule has 0 fully saturated rings. The lowest BCUT2D eigenvalue weighted by Gasteiger charge is -2.08. The Labute approximate surface area is 68.1 Å². The van der Waals surface area contributed by atoms with Crippen LogP contribution in [0.5, 0.6) is 0 Å². The first-order chi connectivity index (χ1) is 5.42. The van der Waals surface area contributed by atoms with Gasteiger partial charge in [0.15, 0.2) is 6.29 Å². The highest BCUT2D eigenvalue weighted by Crippen LogP contribution is 2.13. The average molecular weight is 188 g/mol. The number of hydrogen-bond donors (Lipinski definition) is 1. The summed E-state index contributed by atoms with van der Waals surface area (Å²) in [4.78, 5) is 0. The zero-order valence-corrected chi connectivity index (χ0v) is 6.60. The molecule has 0 aliphatic rings. The number of aliphatic hydroxyl groups excluding tert-OH is 1. The fourth-order valence-corrected chi connectivity index (χ4v) is 0.465. The lowest BCUT2D eigenvalue weighted by molar-refractivity contribution is -0.181. The van der Waals surface area contributed by atoms with Crippen molar-refractivity contribution >= 4 is 0 Å². The second-order valence-corrected chi connectivity index (χ2v) is 2.14. The Morgan fingerprint density at radius 3 is 2.33 bits per heavy atom. The van der Waals surface area contributed by atoms with Gasteiger partial charge >= 0.3 is 6.18 Å². The van der Waals surface area contributed by atoms with E-state index in [0.717, 1.165) is 0 Å². The quantitative estimate of drug-likeness (QED) is 0.515. The number of hydrogen-bond acceptors (Lipinski definition) is 3. The first-order valence-corrected chi connectivity index (χ1v) is 3.36. The molecule has 12 heavy (non-hydrogen) atoms. The average Bonchev–Trinajstić information content (AvgIpc) is 1.83. The Morgan fingerprint density at radius 2 is 1.92 bits per heavy atom. The Kier molecular flexibility index (Phi) is 5.19. The van der Waals surface area contributed by atoms with Gasteiger partial charge in [-0.2, -0.15) is 13.2 Å². The lowest BCUT2D eigenvalue weighted by atomic mass is 10.7. The van der Waals surface area contributed by atoms with Crippen LogP contribution in [0.3, 0.4) is 0 Å². The van der Waals surface area contributed by atoms with Crippen LogP contribution in [-0.4, -0.2) is 37.4 Å². The first kappa shape index (κ1) is 11.7. The minimum Gasteiger partial charge on any atom is -0.370 e. The summed E-state index contributed by atoms with van der Waals surface area (Å²) in [5.74, 6) is 0. The molecule has 0 spiro atoms. The summed E-state index contributed by atoms with van der Waals surface area (Å²) in [6.45, 7) is -0.141. The summed E-state index contributed by atoms with van der Waals surface area (Å²) in [7, 11) is 0. The molecule has 0 aromatic heterocycles. The molecule has 0 saturated carbocycles. The monoisotopic (exact) mass is 188 g/mol. The molecule has 1 atom stereocenters. The maximum Gasteiger partial charge on any atom is 0.411 e. The van der Waals surface area contributed by atoms with Gasteiger partial charge in [-0.05, 0) is 6.92 Å². The highest BCUT2D eigenvalue weighted by Gasteiger charge is 2.27. The fourth-order valence-electron chi connectivity index (χ4n) is 0.465. The zero-order chi connectivity index (χ0) is 9.61. The van der Waals surface area contributed by atoms with Crippen molar-refractivity contribution in [3.05, 3.63) is 0 Å². The molecule has 0 bridgehead atoms. The highest BCUT2D eigenvalue weighted by atomic mass is 19.4. The smallest absolute Gasteiger partial charge is 0.370 e. The molecule has 0 aliphatic heterocycles. The van der Waals surface area contributed by atoms with Crippen LogP contribution in [0.2, 0.25) is 0 Å². The van der Waals surface area contributed by atoms with Crippen LogP contribution in [0.25, 0.3) is 0 Å². The maximum absolute atomic E-state index is 11.4. The molecule has 0 aromatic carbocycles. The summed E-state index contributed by atoms with van der Waals surface area (Å²) < 4.78 is 43.0. The van der Waals surface area contributed by atoms with E-state index in [0.29, 0.717) is 0 Å². The second-order valence-electron chi connectivity index (χ2n) is 2.14. The van der Waals surface area contributed by atoms with Gasteiger partial charge in [0, 0.05) is 0 Å². The molecule has 74 valence electrons. The Morgan fingerprint density at radius 1 is 1.33 bits per heavy atom. The number of ether oxygens (including phenoxy) is 2. The van der Waals surface area contributed by atoms with Crippen LogP contribution in [0.4, 0.5) is 13.2 Å². The van der Waals surface area contributed by atoms with Crippen molar-refractivity contribution in [2.75, 3.05) is 19.8 Å². The van der Waals surface area contributed by atoms with E-state index >= 15 is 0 Å². The van der Waals surface area contributed by atoms with Crippen molar-refractivity contribution in [2.45, 2.75) is 19.4 Å². The van der Waals surface area contributed by atoms with Crippen LogP contribution >= 0.6 is 0 Å². The third-order valence-corrected chi connectivity index (χ3v) is 0.852. The van der Waals surface area contributed by atoms with Crippen molar-refractivity contribution in [3.63, 3.8) is 0 Å². The fraction of sp³-hybridized carbons (Fsp3) is 1.00. The van der Waals surface area contributed by atoms with Gasteiger partial charge in [0.2, 0.25) is 0 Å². The van der Waals surface area contributed by atoms with Gasteiger partial charge in [-0.25, -0.2) is 0 Å². The summed E-state index contributed by atoms with van der Waals surface area (Å²) in [6.07, 6.45) is -5.27. The van der Waals surface area contributed by atoms with Gasteiger partial charge in [-0.1, -0.05) is 0 Å². The van der Waals surface area contributed by atoms with Crippen LogP contribution in [0.1, 0.15) is 6.92 Å². The third-order valence-electron chi connectivity index (χ3n) is 0.852. The molecule has 0 heterocycles. The molecule has 0 amide bonds. The van der Waals surface area contributed by atoms with E-state index in [9.17, 15) is 13.2 Å². The lowest BCUT2D eigenvalue weighted by Crippen LogP contribution is -2.20. The van der Waals surface area contributed by atoms with Gasteiger partial charge in [0.25, 0.3) is 0 Å². The standard InChI is InChI=1S/C6H11F3O3/c1-5(10)12-3-2-11-4-6(7,8)9/h5,10H,2-4H2,1H3. The van der Waals surface area contributed by atoms with E-state index in [4.69, 9.17) is 5.11 Å². The van der Waals surface area contributed by atoms with E-state index in [1.807, 2.05) is 0 Å². The topological polar surface area (TPSA) is 38.7 Å².